The molecule has 2 aliphatic heterocycles. The smallest absolute Gasteiger partial charge is 0.324 e. The molecule has 1 N–H and O–H groups in total. The van der Waals surface area contributed by atoms with E-state index < -0.39 is 16.1 Å². The van der Waals surface area contributed by atoms with Gasteiger partial charge in [-0.25, -0.2) is 13.2 Å². The number of sulfonamides is 1. The minimum absolute atomic E-state index is 0.00774. The number of amides is 3. The maximum atomic E-state index is 12.3. The first kappa shape index (κ1) is 13.5. The minimum atomic E-state index is -3.50. The summed E-state index contributed by atoms with van der Waals surface area (Å²) in [5.41, 5.74) is 0. The molecule has 2 fully saturated rings. The molecule has 0 saturated carbocycles. The molecule has 3 amide bonds. The van der Waals surface area contributed by atoms with Gasteiger partial charge >= 0.3 is 6.03 Å². The van der Waals surface area contributed by atoms with Crippen LogP contribution in [0.2, 0.25) is 0 Å². The van der Waals surface area contributed by atoms with Crippen molar-refractivity contribution in [1.29, 1.82) is 0 Å². The third-order valence-corrected chi connectivity index (χ3v) is 6.68. The fraction of sp³-hybridized carbons (Fsp3) is 0.455. The number of nitrogens with one attached hydrogen (secondary N) is 1. The first-order valence-corrected chi connectivity index (χ1v) is 8.32. The van der Waals surface area contributed by atoms with E-state index in [0.29, 0.717) is 4.21 Å². The molecule has 108 valence electrons. The van der Waals surface area contributed by atoms with Gasteiger partial charge in [0.1, 0.15) is 4.21 Å². The Labute approximate surface area is 120 Å². The predicted molar refractivity (Wildman–Crippen MR) is 71.8 cm³/mol. The van der Waals surface area contributed by atoms with Gasteiger partial charge in [0.25, 0.3) is 10.0 Å². The fourth-order valence-corrected chi connectivity index (χ4v) is 5.21. The molecule has 0 radical (unpaired) electrons. The van der Waals surface area contributed by atoms with E-state index in [9.17, 15) is 18.0 Å². The molecule has 3 heterocycles. The second kappa shape index (κ2) is 4.54. The topological polar surface area (TPSA) is 86.8 Å². The van der Waals surface area contributed by atoms with Crippen LogP contribution in [0.25, 0.3) is 0 Å². The Bertz CT molecular complexity index is 660. The van der Waals surface area contributed by atoms with E-state index in [1.165, 1.54) is 15.6 Å². The maximum Gasteiger partial charge on any atom is 0.324 e. The van der Waals surface area contributed by atoms with Crippen LogP contribution in [0.3, 0.4) is 0 Å². The number of aryl methyl sites for hydroxylation is 1. The largest absolute Gasteiger partial charge is 0.329 e. The van der Waals surface area contributed by atoms with E-state index in [1.54, 1.807) is 12.1 Å². The van der Waals surface area contributed by atoms with Gasteiger partial charge in [0.05, 0.1) is 12.6 Å². The lowest BCUT2D eigenvalue weighted by molar-refractivity contribution is -0.128. The van der Waals surface area contributed by atoms with Crippen molar-refractivity contribution >= 4 is 33.3 Å². The van der Waals surface area contributed by atoms with Gasteiger partial charge in [-0.1, -0.05) is 0 Å². The molecule has 3 rings (SSSR count). The molecule has 0 unspecified atom stereocenters. The van der Waals surface area contributed by atoms with Crippen LogP contribution in [0.5, 0.6) is 0 Å². The normalized spacial score (nSPS) is 21.1. The van der Waals surface area contributed by atoms with Crippen molar-refractivity contribution in [2.45, 2.75) is 17.2 Å². The highest BCUT2D eigenvalue weighted by Crippen LogP contribution is 2.29. The Hall–Kier alpha value is -1.45. The number of nitrogens with zero attached hydrogens (tertiary/aromatic N) is 2. The predicted octanol–water partition coefficient (Wildman–Crippen LogP) is -0.0188. The zero-order valence-electron chi connectivity index (χ0n) is 10.7. The van der Waals surface area contributed by atoms with Crippen molar-refractivity contribution in [2.24, 2.45) is 0 Å². The van der Waals surface area contributed by atoms with Crippen LogP contribution in [0, 0.1) is 6.92 Å². The Morgan fingerprint density at radius 2 is 2.00 bits per heavy atom. The number of urea groups is 1. The third-order valence-electron chi connectivity index (χ3n) is 3.38. The van der Waals surface area contributed by atoms with E-state index in [2.05, 4.69) is 5.32 Å². The van der Waals surface area contributed by atoms with Crippen LogP contribution in [0.15, 0.2) is 16.3 Å². The van der Waals surface area contributed by atoms with Crippen molar-refractivity contribution in [1.82, 2.24) is 14.5 Å². The highest BCUT2D eigenvalue weighted by Gasteiger charge is 2.45. The summed E-state index contributed by atoms with van der Waals surface area (Å²) in [6.45, 7) is 2.17. The zero-order valence-corrected chi connectivity index (χ0v) is 12.3. The molecule has 20 heavy (non-hydrogen) atoms. The molecule has 0 aliphatic carbocycles. The highest BCUT2D eigenvalue weighted by atomic mass is 32.2. The Morgan fingerprint density at radius 1 is 1.30 bits per heavy atom. The summed E-state index contributed by atoms with van der Waals surface area (Å²) in [7, 11) is -3.50. The van der Waals surface area contributed by atoms with Crippen molar-refractivity contribution in [3.05, 3.63) is 17.0 Å². The van der Waals surface area contributed by atoms with Crippen LogP contribution in [0.1, 0.15) is 4.88 Å². The molecule has 0 atom stereocenters. The van der Waals surface area contributed by atoms with Crippen LogP contribution >= 0.6 is 11.3 Å². The number of hydrogen-bond acceptors (Lipinski definition) is 5. The lowest BCUT2D eigenvalue weighted by atomic mass is 10.1. The summed E-state index contributed by atoms with van der Waals surface area (Å²) >= 11 is 1.22. The average Bonchev–Trinajstić information content (AvgIpc) is 2.88. The fourth-order valence-electron chi connectivity index (χ4n) is 2.26. The Kier molecular flexibility index (Phi) is 3.07. The van der Waals surface area contributed by atoms with Crippen molar-refractivity contribution < 1.29 is 18.0 Å². The molecular weight excluding hydrogens is 302 g/mol. The molecule has 9 heteroatoms. The molecule has 1 aromatic heterocycles. The Balaban J connectivity index is 1.71. The first-order valence-electron chi connectivity index (χ1n) is 6.06. The second-order valence-corrected chi connectivity index (χ2v) is 8.22. The average molecular weight is 315 g/mol. The lowest BCUT2D eigenvalue weighted by Crippen LogP contribution is -2.62. The molecule has 7 nitrogen and oxygen atoms in total. The standard InChI is InChI=1S/C11H13N3O4S2/c1-7-2-3-10(19-7)20(17,18)13-5-8(6-13)14-9(15)4-12-11(14)16/h2-3,8H,4-6H2,1H3,(H,12,16). The third kappa shape index (κ3) is 2.02. The monoisotopic (exact) mass is 315 g/mol. The molecule has 0 spiro atoms. The second-order valence-electron chi connectivity index (χ2n) is 4.76. The summed E-state index contributed by atoms with van der Waals surface area (Å²) in [5, 5.41) is 2.43. The van der Waals surface area contributed by atoms with E-state index >= 15 is 0 Å². The molecule has 0 bridgehead atoms. The number of rotatable bonds is 3. The number of carbonyl (C=O) groups excluding carboxylic acids is 2. The van der Waals surface area contributed by atoms with Crippen molar-refractivity contribution in [3.63, 3.8) is 0 Å². The van der Waals surface area contributed by atoms with Crippen molar-refractivity contribution in [2.75, 3.05) is 19.6 Å². The SMILES string of the molecule is Cc1ccc(S(=O)(=O)N2CC(N3C(=O)CNC3=O)C2)s1. The summed E-state index contributed by atoms with van der Waals surface area (Å²) < 4.78 is 26.2. The number of imide groups is 1. The van der Waals surface area contributed by atoms with Gasteiger partial charge in [-0.05, 0) is 19.1 Å². The number of hydrogen-bond donors (Lipinski definition) is 1. The van der Waals surface area contributed by atoms with E-state index in [1.807, 2.05) is 6.92 Å². The summed E-state index contributed by atoms with van der Waals surface area (Å²) in [6, 6.07) is 2.53. The Morgan fingerprint density at radius 3 is 2.50 bits per heavy atom. The number of thiophene rings is 1. The van der Waals surface area contributed by atoms with Crippen molar-refractivity contribution in [3.8, 4) is 0 Å². The van der Waals surface area contributed by atoms with Gasteiger partial charge < -0.3 is 5.32 Å². The maximum absolute atomic E-state index is 12.3. The number of carbonyl (C=O) groups is 2. The van der Waals surface area contributed by atoms with Gasteiger partial charge in [0.2, 0.25) is 5.91 Å². The van der Waals surface area contributed by atoms with Gasteiger partial charge in [-0.2, -0.15) is 4.31 Å². The summed E-state index contributed by atoms with van der Waals surface area (Å²) in [6.07, 6.45) is 0. The minimum Gasteiger partial charge on any atom is -0.329 e. The molecular formula is C11H13N3O4S2. The molecule has 1 aromatic rings. The summed E-state index contributed by atoms with van der Waals surface area (Å²) in [4.78, 5) is 25.0. The van der Waals surface area contributed by atoms with Crippen LogP contribution in [-0.4, -0.2) is 55.2 Å². The first-order chi connectivity index (χ1) is 9.39. The quantitative estimate of drug-likeness (QED) is 0.794. The summed E-state index contributed by atoms with van der Waals surface area (Å²) in [5.74, 6) is -0.302. The van der Waals surface area contributed by atoms with Gasteiger partial charge in [-0.15, -0.1) is 11.3 Å². The van der Waals surface area contributed by atoms with E-state index in [-0.39, 0.29) is 31.6 Å². The van der Waals surface area contributed by atoms with Crippen LogP contribution in [0.4, 0.5) is 4.79 Å². The lowest BCUT2D eigenvalue weighted by Gasteiger charge is -2.41. The molecule has 2 aliphatic rings. The molecule has 2 saturated heterocycles. The van der Waals surface area contributed by atoms with E-state index in [4.69, 9.17) is 0 Å². The van der Waals surface area contributed by atoms with Crippen LogP contribution in [-0.2, 0) is 14.8 Å². The van der Waals surface area contributed by atoms with Crippen LogP contribution < -0.4 is 5.32 Å². The van der Waals surface area contributed by atoms with Gasteiger partial charge in [-0.3, -0.25) is 9.69 Å². The van der Waals surface area contributed by atoms with Gasteiger partial charge in [0.15, 0.2) is 0 Å². The van der Waals surface area contributed by atoms with E-state index in [0.717, 1.165) is 9.78 Å². The molecule has 0 aromatic carbocycles. The zero-order chi connectivity index (χ0) is 14.5. The highest BCUT2D eigenvalue weighted by molar-refractivity contribution is 7.91. The van der Waals surface area contributed by atoms with Gasteiger partial charge in [0, 0.05) is 18.0 Å².